The summed E-state index contributed by atoms with van der Waals surface area (Å²) in [7, 11) is 15.1. The third-order valence-corrected chi connectivity index (χ3v) is 2.15. The molecule has 0 fully saturated rings. The Morgan fingerprint density at radius 1 is 0.357 bits per heavy atom. The minimum absolute atomic E-state index is 0. The Balaban J connectivity index is -0.0000000303. The van der Waals surface area contributed by atoms with Crippen LogP contribution in [-0.2, 0) is 0 Å². The van der Waals surface area contributed by atoms with Crippen LogP contribution in [0.3, 0.4) is 0 Å². The van der Waals surface area contributed by atoms with Crippen LogP contribution in [0.15, 0.2) is 0 Å². The first kappa shape index (κ1) is 52.2. The van der Waals surface area contributed by atoms with Crippen molar-refractivity contribution in [1.29, 1.82) is 0 Å². The van der Waals surface area contributed by atoms with Gasteiger partial charge in [0.25, 0.3) is 0 Å². The Bertz CT molecular complexity index is 171. The van der Waals surface area contributed by atoms with Crippen molar-refractivity contribution in [3.63, 3.8) is 0 Å². The van der Waals surface area contributed by atoms with Gasteiger partial charge in [0.15, 0.2) is 0 Å². The number of rotatable bonds is 8. The van der Waals surface area contributed by atoms with Gasteiger partial charge in [0, 0.05) is 0 Å². The molecular formula is C16H40Li4N4O4. The van der Waals surface area contributed by atoms with Crippen molar-refractivity contribution in [2.45, 2.75) is 0 Å². The first-order chi connectivity index (χ1) is 11.1. The predicted octanol–water partition coefficient (Wildman–Crippen LogP) is -16.4. The van der Waals surface area contributed by atoms with E-state index in [0.717, 1.165) is 0 Å². The molecule has 0 unspecified atom stereocenters. The number of likely N-dealkylation sites (N-methyl/N-ethyl adjacent to an activating group) is 4. The zero-order valence-corrected chi connectivity index (χ0v) is 21.1. The summed E-state index contributed by atoms with van der Waals surface area (Å²) in [5, 5.41) is 38.8. The van der Waals surface area contributed by atoms with Crippen LogP contribution < -0.4 is 95.9 Å². The maximum Gasteiger partial charge on any atom is 1.00 e. The molecule has 0 aliphatic carbocycles. The molecule has 0 aliphatic rings. The van der Waals surface area contributed by atoms with Gasteiger partial charge in [0.05, 0.1) is 0 Å². The van der Waals surface area contributed by atoms with Gasteiger partial charge in [0.1, 0.15) is 0 Å². The topological polar surface area (TPSA) is 105 Å². The zero-order chi connectivity index (χ0) is 20.0. The summed E-state index contributed by atoms with van der Waals surface area (Å²) >= 11 is 0. The van der Waals surface area contributed by atoms with E-state index in [4.69, 9.17) is 0 Å². The van der Waals surface area contributed by atoms with E-state index in [-0.39, 0.29) is 102 Å². The zero-order valence-electron chi connectivity index (χ0n) is 21.1. The molecule has 152 valence electrons. The second kappa shape index (κ2) is 47.0. The summed E-state index contributed by atoms with van der Waals surface area (Å²) in [6.07, 6.45) is 0. The van der Waals surface area contributed by atoms with Gasteiger partial charge in [-0.3, -0.25) is 0 Å². The SMILES string of the molecule is CN(C)CC[O-].CN(C)CC[O-].CN(C)CC[O-].CN(C)CC[O-].[Li+].[Li+].[Li+].[Li+]. The van der Waals surface area contributed by atoms with E-state index < -0.39 is 0 Å². The summed E-state index contributed by atoms with van der Waals surface area (Å²) < 4.78 is 0. The molecular weight excluding hydrogens is 340 g/mol. The summed E-state index contributed by atoms with van der Waals surface area (Å²) in [4.78, 5) is 7.47. The molecule has 0 aromatic heterocycles. The molecule has 0 aliphatic heterocycles. The van der Waals surface area contributed by atoms with Crippen LogP contribution in [0, 0.1) is 0 Å². The van der Waals surface area contributed by atoms with E-state index >= 15 is 0 Å². The van der Waals surface area contributed by atoms with Crippen LogP contribution in [0.1, 0.15) is 0 Å². The average Bonchev–Trinajstić information content (AvgIpc) is 2.39. The molecule has 0 aromatic carbocycles. The van der Waals surface area contributed by atoms with Gasteiger partial charge in [-0.25, -0.2) is 0 Å². The molecule has 0 heterocycles. The second-order valence-electron chi connectivity index (χ2n) is 6.03. The molecule has 0 rings (SSSR count). The minimum Gasteiger partial charge on any atom is -0.854 e. The Hall–Kier alpha value is 2.07. The van der Waals surface area contributed by atoms with Crippen molar-refractivity contribution in [3.8, 4) is 0 Å². The molecule has 0 aromatic rings. The molecule has 0 amide bonds. The van der Waals surface area contributed by atoms with E-state index in [1.807, 2.05) is 76.0 Å². The maximum atomic E-state index is 9.70. The molecule has 8 nitrogen and oxygen atoms in total. The fourth-order valence-corrected chi connectivity index (χ4v) is 0.730. The van der Waals surface area contributed by atoms with Crippen LogP contribution in [0.4, 0.5) is 0 Å². The Morgan fingerprint density at radius 2 is 0.464 bits per heavy atom. The van der Waals surface area contributed by atoms with Gasteiger partial charge < -0.3 is 40.0 Å². The molecule has 0 radical (unpaired) electrons. The van der Waals surface area contributed by atoms with Crippen LogP contribution in [-0.4, -0.2) is 129 Å². The van der Waals surface area contributed by atoms with E-state index in [0.29, 0.717) is 26.2 Å². The van der Waals surface area contributed by atoms with Gasteiger partial charge in [-0.05, 0) is 82.6 Å². The largest absolute Gasteiger partial charge is 1.00 e. The van der Waals surface area contributed by atoms with E-state index in [1.54, 1.807) is 0 Å². The predicted molar refractivity (Wildman–Crippen MR) is 93.7 cm³/mol. The number of nitrogens with zero attached hydrogens (tertiary/aromatic N) is 4. The fourth-order valence-electron chi connectivity index (χ4n) is 0.730. The molecule has 0 saturated carbocycles. The summed E-state index contributed by atoms with van der Waals surface area (Å²) in [6, 6.07) is 0. The molecule has 28 heavy (non-hydrogen) atoms. The number of hydrogen-bond acceptors (Lipinski definition) is 8. The third kappa shape index (κ3) is 104. The monoisotopic (exact) mass is 380 g/mol. The summed E-state index contributed by atoms with van der Waals surface area (Å²) in [6.45, 7) is 2.64. The van der Waals surface area contributed by atoms with E-state index in [1.165, 1.54) is 0 Å². The molecule has 12 heteroatoms. The van der Waals surface area contributed by atoms with Crippen molar-refractivity contribution in [1.82, 2.24) is 19.6 Å². The number of hydrogen-bond donors (Lipinski definition) is 0. The molecule has 0 atom stereocenters. The van der Waals surface area contributed by atoms with Crippen molar-refractivity contribution in [3.05, 3.63) is 0 Å². The first-order valence-corrected chi connectivity index (χ1v) is 8.00. The Kier molecular flexibility index (Phi) is 87.6. The van der Waals surface area contributed by atoms with Gasteiger partial charge in [-0.15, -0.1) is 26.4 Å². The smallest absolute Gasteiger partial charge is 0.854 e. The van der Waals surface area contributed by atoms with Crippen LogP contribution in [0.5, 0.6) is 0 Å². The Labute approximate surface area is 223 Å². The average molecular weight is 380 g/mol. The van der Waals surface area contributed by atoms with Crippen LogP contribution >= 0.6 is 0 Å². The van der Waals surface area contributed by atoms with Crippen LogP contribution in [0.2, 0.25) is 0 Å². The van der Waals surface area contributed by atoms with E-state index in [2.05, 4.69) is 0 Å². The van der Waals surface area contributed by atoms with Gasteiger partial charge in [-0.1, -0.05) is 0 Å². The standard InChI is InChI=1S/4C4H10NO.4Li/c4*1-5(2)3-4-6;;;;/h4*3-4H2,1-2H3;;;;/q4*-1;4*+1. The van der Waals surface area contributed by atoms with Crippen molar-refractivity contribution < 1.29 is 95.9 Å². The van der Waals surface area contributed by atoms with Crippen LogP contribution in [0.25, 0.3) is 0 Å². The molecule has 0 bridgehead atoms. The maximum absolute atomic E-state index is 9.70. The van der Waals surface area contributed by atoms with Gasteiger partial charge in [-0.2, -0.15) is 0 Å². The van der Waals surface area contributed by atoms with Gasteiger partial charge in [0.2, 0.25) is 0 Å². The minimum atomic E-state index is 0. The van der Waals surface area contributed by atoms with Gasteiger partial charge >= 0.3 is 75.4 Å². The molecule has 0 N–H and O–H groups in total. The van der Waals surface area contributed by atoms with Crippen molar-refractivity contribution >= 4 is 0 Å². The first-order valence-electron chi connectivity index (χ1n) is 8.00. The van der Waals surface area contributed by atoms with Crippen molar-refractivity contribution in [2.75, 3.05) is 109 Å². The normalized spacial score (nSPS) is 8.57. The third-order valence-electron chi connectivity index (χ3n) is 2.15. The quantitative estimate of drug-likeness (QED) is 0.383. The fraction of sp³-hybridized carbons (Fsp3) is 1.00. The van der Waals surface area contributed by atoms with Crippen molar-refractivity contribution in [2.24, 2.45) is 0 Å². The second-order valence-corrected chi connectivity index (χ2v) is 6.03. The Morgan fingerprint density at radius 3 is 0.464 bits per heavy atom. The molecule has 0 saturated heterocycles. The van der Waals surface area contributed by atoms with E-state index in [9.17, 15) is 20.4 Å². The summed E-state index contributed by atoms with van der Waals surface area (Å²) in [5.41, 5.74) is 0. The summed E-state index contributed by atoms with van der Waals surface area (Å²) in [5.74, 6) is 0. The molecule has 0 spiro atoms.